The smallest absolute Gasteiger partial charge is 0.339 e. The number of imide groups is 1. The number of hydrogen-bond donors (Lipinski definition) is 0. The van der Waals surface area contributed by atoms with Crippen molar-refractivity contribution in [2.75, 3.05) is 13.7 Å². The van der Waals surface area contributed by atoms with Crippen LogP contribution in [0.5, 0.6) is 0 Å². The molecule has 6 nitrogen and oxygen atoms in total. The van der Waals surface area contributed by atoms with Gasteiger partial charge in [0.05, 0.1) is 18.1 Å². The average Bonchev–Trinajstić information content (AvgIpc) is 2.67. The van der Waals surface area contributed by atoms with Crippen molar-refractivity contribution in [1.82, 2.24) is 9.88 Å². The zero-order valence-electron chi connectivity index (χ0n) is 11.5. The number of nitrogens with zero attached hydrogens (tertiary/aromatic N) is 2. The van der Waals surface area contributed by atoms with E-state index in [1.165, 1.54) is 13.2 Å². The van der Waals surface area contributed by atoms with Crippen LogP contribution in [0.2, 0.25) is 0 Å². The molecule has 1 aliphatic rings. The zero-order valence-corrected chi connectivity index (χ0v) is 11.5. The molecule has 1 unspecified atom stereocenters. The van der Waals surface area contributed by atoms with Crippen LogP contribution in [-0.4, -0.2) is 41.3 Å². The van der Waals surface area contributed by atoms with E-state index in [1.807, 2.05) is 0 Å². The molecular formula is C14H16N2O4. The van der Waals surface area contributed by atoms with E-state index < -0.39 is 5.97 Å². The van der Waals surface area contributed by atoms with E-state index in [9.17, 15) is 14.4 Å². The third-order valence-electron chi connectivity index (χ3n) is 3.26. The van der Waals surface area contributed by atoms with E-state index in [0.717, 1.165) is 10.5 Å². The third kappa shape index (κ3) is 2.84. The van der Waals surface area contributed by atoms with Crippen molar-refractivity contribution in [3.8, 4) is 0 Å². The highest BCUT2D eigenvalue weighted by Gasteiger charge is 2.35. The SMILES string of the molecule is CCOC(=O)c1cncc(CC2CC(=O)N(C)C2=O)c1. The normalized spacial score (nSPS) is 18.5. The van der Waals surface area contributed by atoms with Gasteiger partial charge in [0, 0.05) is 25.9 Å². The molecule has 0 N–H and O–H groups in total. The second-order valence-electron chi connectivity index (χ2n) is 4.70. The minimum Gasteiger partial charge on any atom is -0.462 e. The van der Waals surface area contributed by atoms with Crippen LogP contribution in [0.25, 0.3) is 0 Å². The van der Waals surface area contributed by atoms with Gasteiger partial charge in [-0.2, -0.15) is 0 Å². The topological polar surface area (TPSA) is 76.6 Å². The van der Waals surface area contributed by atoms with Gasteiger partial charge in [-0.25, -0.2) is 4.79 Å². The Morgan fingerprint density at radius 1 is 1.45 bits per heavy atom. The second kappa shape index (κ2) is 5.81. The second-order valence-corrected chi connectivity index (χ2v) is 4.70. The van der Waals surface area contributed by atoms with Crippen LogP contribution < -0.4 is 0 Å². The summed E-state index contributed by atoms with van der Waals surface area (Å²) in [6, 6.07) is 1.65. The highest BCUT2D eigenvalue weighted by Crippen LogP contribution is 2.22. The number of hydrogen-bond acceptors (Lipinski definition) is 5. The van der Waals surface area contributed by atoms with Crippen LogP contribution in [0.15, 0.2) is 18.5 Å². The van der Waals surface area contributed by atoms with E-state index in [0.29, 0.717) is 18.6 Å². The Morgan fingerprint density at radius 2 is 2.20 bits per heavy atom. The van der Waals surface area contributed by atoms with Gasteiger partial charge in [-0.3, -0.25) is 19.5 Å². The summed E-state index contributed by atoms with van der Waals surface area (Å²) in [6.07, 6.45) is 3.63. The molecular weight excluding hydrogens is 260 g/mol. The Hall–Kier alpha value is -2.24. The van der Waals surface area contributed by atoms with Gasteiger partial charge < -0.3 is 4.74 Å². The summed E-state index contributed by atoms with van der Waals surface area (Å²) in [5.74, 6) is -1.16. The molecule has 0 aromatic carbocycles. The Labute approximate surface area is 116 Å². The lowest BCUT2D eigenvalue weighted by atomic mass is 9.98. The van der Waals surface area contributed by atoms with E-state index >= 15 is 0 Å². The summed E-state index contributed by atoms with van der Waals surface area (Å²) in [5.41, 5.74) is 1.10. The minimum atomic E-state index is -0.437. The number of aromatic nitrogens is 1. The summed E-state index contributed by atoms with van der Waals surface area (Å²) < 4.78 is 4.90. The Kier molecular flexibility index (Phi) is 4.12. The van der Waals surface area contributed by atoms with Gasteiger partial charge in [-0.05, 0) is 25.0 Å². The average molecular weight is 276 g/mol. The van der Waals surface area contributed by atoms with Crippen molar-refractivity contribution in [2.24, 2.45) is 5.92 Å². The molecule has 0 aliphatic carbocycles. The zero-order chi connectivity index (χ0) is 14.7. The van der Waals surface area contributed by atoms with Crippen molar-refractivity contribution in [2.45, 2.75) is 19.8 Å². The van der Waals surface area contributed by atoms with Crippen molar-refractivity contribution in [3.63, 3.8) is 0 Å². The molecule has 2 heterocycles. The number of esters is 1. The summed E-state index contributed by atoms with van der Waals surface area (Å²) in [7, 11) is 1.48. The molecule has 0 bridgehead atoms. The molecule has 0 spiro atoms. The first-order valence-corrected chi connectivity index (χ1v) is 6.44. The maximum Gasteiger partial charge on any atom is 0.339 e. The number of ether oxygens (including phenoxy) is 1. The van der Waals surface area contributed by atoms with Gasteiger partial charge in [-0.15, -0.1) is 0 Å². The molecule has 0 radical (unpaired) electrons. The van der Waals surface area contributed by atoms with E-state index in [2.05, 4.69) is 4.98 Å². The van der Waals surface area contributed by atoms with Gasteiger partial charge in [0.2, 0.25) is 11.8 Å². The van der Waals surface area contributed by atoms with Gasteiger partial charge in [-0.1, -0.05) is 0 Å². The summed E-state index contributed by atoms with van der Waals surface area (Å²) in [5, 5.41) is 0. The van der Waals surface area contributed by atoms with Crippen LogP contribution in [0.1, 0.15) is 29.3 Å². The van der Waals surface area contributed by atoms with Crippen molar-refractivity contribution in [1.29, 1.82) is 0 Å². The largest absolute Gasteiger partial charge is 0.462 e. The molecule has 6 heteroatoms. The lowest BCUT2D eigenvalue weighted by Crippen LogP contribution is -2.26. The fourth-order valence-corrected chi connectivity index (χ4v) is 2.20. The molecule has 1 aliphatic heterocycles. The number of likely N-dealkylation sites (tertiary alicyclic amines) is 1. The quantitative estimate of drug-likeness (QED) is 0.600. The molecule has 0 saturated carbocycles. The maximum atomic E-state index is 11.8. The Bertz CT molecular complexity index is 556. The molecule has 2 rings (SSSR count). The van der Waals surface area contributed by atoms with Gasteiger partial charge >= 0.3 is 5.97 Å². The minimum absolute atomic E-state index is 0.172. The molecule has 1 aromatic heterocycles. The van der Waals surface area contributed by atoms with Crippen molar-refractivity contribution in [3.05, 3.63) is 29.6 Å². The van der Waals surface area contributed by atoms with E-state index in [4.69, 9.17) is 4.74 Å². The summed E-state index contributed by atoms with van der Waals surface area (Å²) in [6.45, 7) is 2.03. The van der Waals surface area contributed by atoms with Crippen molar-refractivity contribution < 1.29 is 19.1 Å². The Balaban J connectivity index is 2.11. The molecule has 106 valence electrons. The monoisotopic (exact) mass is 276 g/mol. The van der Waals surface area contributed by atoms with E-state index in [1.54, 1.807) is 19.2 Å². The Morgan fingerprint density at radius 3 is 2.80 bits per heavy atom. The predicted octanol–water partition coefficient (Wildman–Crippen LogP) is 0.806. The first-order chi connectivity index (χ1) is 9.52. The number of rotatable bonds is 4. The first-order valence-electron chi connectivity index (χ1n) is 6.44. The van der Waals surface area contributed by atoms with E-state index in [-0.39, 0.29) is 24.2 Å². The van der Waals surface area contributed by atoms with Crippen molar-refractivity contribution >= 4 is 17.8 Å². The van der Waals surface area contributed by atoms with Crippen LogP contribution in [-0.2, 0) is 20.7 Å². The van der Waals surface area contributed by atoms with Crippen LogP contribution >= 0.6 is 0 Å². The lowest BCUT2D eigenvalue weighted by Gasteiger charge is -2.09. The number of amides is 2. The standard InChI is InChI=1S/C14H16N2O4/c1-3-20-14(19)11-5-9(7-15-8-11)4-10-6-12(17)16(2)13(10)18/h5,7-8,10H,3-4,6H2,1-2H3. The fraction of sp³-hybridized carbons (Fsp3) is 0.429. The lowest BCUT2D eigenvalue weighted by molar-refractivity contribution is -0.137. The van der Waals surface area contributed by atoms with Crippen LogP contribution in [0, 0.1) is 5.92 Å². The predicted molar refractivity (Wildman–Crippen MR) is 69.8 cm³/mol. The molecule has 20 heavy (non-hydrogen) atoms. The maximum absolute atomic E-state index is 11.8. The van der Waals surface area contributed by atoms with Gasteiger partial charge in [0.15, 0.2) is 0 Å². The highest BCUT2D eigenvalue weighted by atomic mass is 16.5. The van der Waals surface area contributed by atoms with Crippen LogP contribution in [0.3, 0.4) is 0 Å². The number of carbonyl (C=O) groups is 3. The highest BCUT2D eigenvalue weighted by molar-refractivity contribution is 6.03. The molecule has 1 aromatic rings. The number of pyridine rings is 1. The summed E-state index contributed by atoms with van der Waals surface area (Å²) >= 11 is 0. The van der Waals surface area contributed by atoms with Gasteiger partial charge in [0.1, 0.15) is 0 Å². The van der Waals surface area contributed by atoms with Gasteiger partial charge in [0.25, 0.3) is 0 Å². The molecule has 2 amide bonds. The third-order valence-corrected chi connectivity index (χ3v) is 3.26. The first kappa shape index (κ1) is 14.2. The number of carbonyl (C=O) groups excluding carboxylic acids is 3. The van der Waals surface area contributed by atoms with Crippen LogP contribution in [0.4, 0.5) is 0 Å². The molecule has 1 fully saturated rings. The summed E-state index contributed by atoms with van der Waals surface area (Å²) in [4.78, 5) is 40.0. The molecule has 1 atom stereocenters. The molecule has 1 saturated heterocycles. The fourth-order valence-electron chi connectivity index (χ4n) is 2.20.